The molecule has 0 N–H and O–H groups in total. The van der Waals surface area contributed by atoms with E-state index in [1.807, 2.05) is 18.6 Å². The highest BCUT2D eigenvalue weighted by atomic mass is 15.1. The fraction of sp³-hybridized carbons (Fsp3) is 0.333. The lowest BCUT2D eigenvalue weighted by Gasteiger charge is -2.26. The first-order chi connectivity index (χ1) is 14.7. The number of fused-ring (bicyclic) bond motifs is 2. The van der Waals surface area contributed by atoms with E-state index in [0.29, 0.717) is 0 Å². The molecular weight excluding hydrogens is 372 g/mol. The number of hydrogen-bond acceptors (Lipinski definition) is 5. The smallest absolute Gasteiger partial charge is 0.155 e. The molecule has 0 fully saturated rings. The standard InChI is InChI=1S/C24H26N6/c1-3-17-9-21-22(25-11-17)10-18(12-26-21)14-29-7-5-19(6-8-29)23-16-30-15-20(4-2)28-24(30)13-27-23/h5,9-13,15-16H,3-4,6-8,14H2,1-2H3. The minimum atomic E-state index is 0.887. The first-order valence-corrected chi connectivity index (χ1v) is 10.7. The van der Waals surface area contributed by atoms with E-state index in [1.54, 1.807) is 0 Å². The Labute approximate surface area is 176 Å². The maximum atomic E-state index is 4.65. The third kappa shape index (κ3) is 3.71. The molecule has 1 aliphatic rings. The zero-order valence-electron chi connectivity index (χ0n) is 17.5. The minimum Gasteiger partial charge on any atom is -0.303 e. The molecule has 0 aromatic carbocycles. The van der Waals surface area contributed by atoms with Crippen LogP contribution >= 0.6 is 0 Å². The second-order valence-electron chi connectivity index (χ2n) is 7.92. The summed E-state index contributed by atoms with van der Waals surface area (Å²) < 4.78 is 2.09. The Balaban J connectivity index is 1.29. The molecule has 0 saturated heterocycles. The van der Waals surface area contributed by atoms with Crippen molar-refractivity contribution in [1.29, 1.82) is 0 Å². The number of nitrogens with zero attached hydrogens (tertiary/aromatic N) is 6. The van der Waals surface area contributed by atoms with Crippen LogP contribution in [0.15, 0.2) is 49.2 Å². The van der Waals surface area contributed by atoms with E-state index >= 15 is 0 Å². The van der Waals surface area contributed by atoms with Crippen molar-refractivity contribution in [3.05, 3.63) is 71.7 Å². The van der Waals surface area contributed by atoms with E-state index in [1.165, 1.54) is 16.7 Å². The number of hydrogen-bond donors (Lipinski definition) is 0. The Morgan fingerprint density at radius 2 is 1.70 bits per heavy atom. The minimum absolute atomic E-state index is 0.887. The van der Waals surface area contributed by atoms with Crippen LogP contribution in [-0.4, -0.2) is 42.3 Å². The lowest BCUT2D eigenvalue weighted by atomic mass is 10.0. The molecule has 4 aromatic heterocycles. The number of imidazole rings is 1. The zero-order valence-corrected chi connectivity index (χ0v) is 17.5. The van der Waals surface area contributed by atoms with Crippen LogP contribution in [0.5, 0.6) is 0 Å². The van der Waals surface area contributed by atoms with Crippen molar-refractivity contribution in [1.82, 2.24) is 29.2 Å². The van der Waals surface area contributed by atoms with Crippen LogP contribution < -0.4 is 0 Å². The monoisotopic (exact) mass is 398 g/mol. The lowest BCUT2D eigenvalue weighted by molar-refractivity contribution is 0.293. The molecule has 6 heteroatoms. The highest BCUT2D eigenvalue weighted by Crippen LogP contribution is 2.23. The Kier molecular flexibility index (Phi) is 5.01. The average Bonchev–Trinajstić information content (AvgIpc) is 3.22. The molecule has 30 heavy (non-hydrogen) atoms. The van der Waals surface area contributed by atoms with Crippen LogP contribution in [0.25, 0.3) is 22.3 Å². The molecule has 0 spiro atoms. The van der Waals surface area contributed by atoms with Crippen LogP contribution in [0.4, 0.5) is 0 Å². The summed E-state index contributed by atoms with van der Waals surface area (Å²) in [6.07, 6.45) is 15.2. The molecule has 0 saturated carbocycles. The van der Waals surface area contributed by atoms with E-state index in [2.05, 4.69) is 73.7 Å². The first-order valence-electron chi connectivity index (χ1n) is 10.7. The van der Waals surface area contributed by atoms with Gasteiger partial charge in [0, 0.05) is 44.4 Å². The van der Waals surface area contributed by atoms with Crippen molar-refractivity contribution in [2.24, 2.45) is 0 Å². The fourth-order valence-electron chi connectivity index (χ4n) is 4.00. The third-order valence-electron chi connectivity index (χ3n) is 5.84. The molecule has 0 radical (unpaired) electrons. The molecule has 5 heterocycles. The Morgan fingerprint density at radius 1 is 0.900 bits per heavy atom. The summed E-state index contributed by atoms with van der Waals surface area (Å²) in [5.74, 6) is 0. The second kappa shape index (κ2) is 7.95. The van der Waals surface area contributed by atoms with Gasteiger partial charge in [0.25, 0.3) is 0 Å². The molecule has 152 valence electrons. The maximum absolute atomic E-state index is 4.65. The summed E-state index contributed by atoms with van der Waals surface area (Å²) in [5, 5.41) is 0. The van der Waals surface area contributed by atoms with E-state index in [0.717, 1.165) is 67.0 Å². The van der Waals surface area contributed by atoms with Crippen LogP contribution in [0.1, 0.15) is 42.8 Å². The van der Waals surface area contributed by atoms with Gasteiger partial charge in [-0.3, -0.25) is 19.9 Å². The molecule has 0 bridgehead atoms. The normalized spacial score (nSPS) is 15.1. The third-order valence-corrected chi connectivity index (χ3v) is 5.84. The summed E-state index contributed by atoms with van der Waals surface area (Å²) in [5.41, 5.74) is 8.76. The molecule has 1 aliphatic heterocycles. The second-order valence-corrected chi connectivity index (χ2v) is 7.92. The largest absolute Gasteiger partial charge is 0.303 e. The van der Waals surface area contributed by atoms with Gasteiger partial charge in [-0.05, 0) is 48.1 Å². The van der Waals surface area contributed by atoms with Crippen molar-refractivity contribution in [2.45, 2.75) is 39.7 Å². The molecule has 6 nitrogen and oxygen atoms in total. The van der Waals surface area contributed by atoms with Gasteiger partial charge in [-0.1, -0.05) is 19.9 Å². The Hall–Kier alpha value is -3.12. The van der Waals surface area contributed by atoms with Gasteiger partial charge in [-0.15, -0.1) is 0 Å². The molecular formula is C24H26N6. The molecule has 4 aromatic rings. The molecule has 0 aliphatic carbocycles. The molecule has 0 amide bonds. The van der Waals surface area contributed by atoms with E-state index in [-0.39, 0.29) is 0 Å². The van der Waals surface area contributed by atoms with Gasteiger partial charge in [0.2, 0.25) is 0 Å². The zero-order chi connectivity index (χ0) is 20.5. The Morgan fingerprint density at radius 3 is 2.43 bits per heavy atom. The molecule has 0 atom stereocenters. The van der Waals surface area contributed by atoms with Crippen molar-refractivity contribution in [3.63, 3.8) is 0 Å². The predicted molar refractivity (Wildman–Crippen MR) is 119 cm³/mol. The van der Waals surface area contributed by atoms with Crippen LogP contribution in [0.2, 0.25) is 0 Å². The SMILES string of the molecule is CCc1cnc2cc(CN3CC=C(c4cn5cc(CC)nc5cn4)CC3)cnc2c1. The number of aryl methyl sites for hydroxylation is 2. The van der Waals surface area contributed by atoms with E-state index in [9.17, 15) is 0 Å². The average molecular weight is 399 g/mol. The highest BCUT2D eigenvalue weighted by molar-refractivity contribution is 5.74. The topological polar surface area (TPSA) is 59.2 Å². The van der Waals surface area contributed by atoms with Crippen molar-refractivity contribution < 1.29 is 0 Å². The van der Waals surface area contributed by atoms with Gasteiger partial charge in [-0.2, -0.15) is 0 Å². The van der Waals surface area contributed by atoms with Gasteiger partial charge in [-0.25, -0.2) is 4.98 Å². The van der Waals surface area contributed by atoms with Crippen molar-refractivity contribution in [2.75, 3.05) is 13.1 Å². The maximum Gasteiger partial charge on any atom is 0.155 e. The predicted octanol–water partition coefficient (Wildman–Crippen LogP) is 4.09. The summed E-state index contributed by atoms with van der Waals surface area (Å²) in [6, 6.07) is 4.30. The van der Waals surface area contributed by atoms with Gasteiger partial charge in [0.15, 0.2) is 5.65 Å². The van der Waals surface area contributed by atoms with Crippen LogP contribution in [0.3, 0.4) is 0 Å². The number of aromatic nitrogens is 5. The van der Waals surface area contributed by atoms with Gasteiger partial charge < -0.3 is 4.40 Å². The summed E-state index contributed by atoms with van der Waals surface area (Å²) in [6.45, 7) is 7.08. The van der Waals surface area contributed by atoms with E-state index in [4.69, 9.17) is 0 Å². The molecule has 0 unspecified atom stereocenters. The van der Waals surface area contributed by atoms with Gasteiger partial charge in [0.1, 0.15) is 0 Å². The summed E-state index contributed by atoms with van der Waals surface area (Å²) >= 11 is 0. The van der Waals surface area contributed by atoms with Crippen LogP contribution in [-0.2, 0) is 19.4 Å². The molecule has 5 rings (SSSR count). The summed E-state index contributed by atoms with van der Waals surface area (Å²) in [7, 11) is 0. The highest BCUT2D eigenvalue weighted by Gasteiger charge is 2.15. The van der Waals surface area contributed by atoms with Crippen molar-refractivity contribution >= 4 is 22.3 Å². The van der Waals surface area contributed by atoms with Crippen LogP contribution in [0, 0.1) is 0 Å². The fourth-order valence-corrected chi connectivity index (χ4v) is 4.00. The first kappa shape index (κ1) is 18.9. The number of pyridine rings is 2. The van der Waals surface area contributed by atoms with E-state index < -0.39 is 0 Å². The van der Waals surface area contributed by atoms with Crippen molar-refractivity contribution in [3.8, 4) is 0 Å². The van der Waals surface area contributed by atoms with Gasteiger partial charge >= 0.3 is 0 Å². The van der Waals surface area contributed by atoms with Gasteiger partial charge in [0.05, 0.1) is 28.6 Å². The summed E-state index contributed by atoms with van der Waals surface area (Å²) in [4.78, 5) is 20.9. The quantitative estimate of drug-likeness (QED) is 0.507. The number of rotatable bonds is 5. The lowest BCUT2D eigenvalue weighted by Crippen LogP contribution is -2.28. The Bertz CT molecular complexity index is 1240.